The molecule has 1 aromatic heterocycles. The van der Waals surface area contributed by atoms with E-state index in [-0.39, 0.29) is 5.75 Å². The molecule has 1 heterocycles. The van der Waals surface area contributed by atoms with Crippen LogP contribution in [-0.2, 0) is 0 Å². The number of aryl methyl sites for hydroxylation is 2. The van der Waals surface area contributed by atoms with Gasteiger partial charge in [0.05, 0.1) is 11.4 Å². The molecule has 0 radical (unpaired) electrons. The molecule has 0 fully saturated rings. The van der Waals surface area contributed by atoms with Crippen molar-refractivity contribution in [2.24, 2.45) is 0 Å². The zero-order chi connectivity index (χ0) is 11.0. The molecule has 3 heteroatoms. The minimum absolute atomic E-state index is 0.275. The van der Waals surface area contributed by atoms with Crippen molar-refractivity contribution in [3.63, 3.8) is 0 Å². The minimum Gasteiger partial charge on any atom is -0.504 e. The highest BCUT2D eigenvalue weighted by atomic mass is 16.3. The second-order valence-electron chi connectivity index (χ2n) is 3.77. The molecule has 0 atom stereocenters. The summed E-state index contributed by atoms with van der Waals surface area (Å²) in [7, 11) is 0. The Morgan fingerprint density at radius 3 is 2.47 bits per heavy atom. The lowest BCUT2D eigenvalue weighted by atomic mass is 10.2. The van der Waals surface area contributed by atoms with Crippen molar-refractivity contribution in [1.29, 1.82) is 0 Å². The van der Waals surface area contributed by atoms with Gasteiger partial charge in [-0.2, -0.15) is 5.10 Å². The fourth-order valence-electron chi connectivity index (χ4n) is 1.65. The van der Waals surface area contributed by atoms with Crippen LogP contribution in [0.25, 0.3) is 5.69 Å². The van der Waals surface area contributed by atoms with E-state index >= 15 is 0 Å². The van der Waals surface area contributed by atoms with Crippen molar-refractivity contribution in [3.05, 3.63) is 41.2 Å². The zero-order valence-corrected chi connectivity index (χ0v) is 9.15. The molecule has 0 amide bonds. The summed E-state index contributed by atoms with van der Waals surface area (Å²) in [6.45, 7) is 5.70. The van der Waals surface area contributed by atoms with Crippen LogP contribution < -0.4 is 0 Å². The molecule has 2 rings (SSSR count). The van der Waals surface area contributed by atoms with Gasteiger partial charge in [0.1, 0.15) is 5.69 Å². The number of aromatic nitrogens is 2. The summed E-state index contributed by atoms with van der Waals surface area (Å²) in [5, 5.41) is 14.0. The lowest BCUT2D eigenvalue weighted by molar-refractivity contribution is 0.466. The summed E-state index contributed by atoms with van der Waals surface area (Å²) in [5.74, 6) is 0.275. The molecule has 3 nitrogen and oxygen atoms in total. The number of aromatic hydroxyl groups is 1. The van der Waals surface area contributed by atoms with Crippen molar-refractivity contribution in [2.75, 3.05) is 0 Å². The number of hydrogen-bond acceptors (Lipinski definition) is 2. The fourth-order valence-corrected chi connectivity index (χ4v) is 1.65. The van der Waals surface area contributed by atoms with Crippen LogP contribution in [0.5, 0.6) is 5.75 Å². The molecule has 0 unspecified atom stereocenters. The Labute approximate surface area is 89.0 Å². The number of nitrogens with zero attached hydrogens (tertiary/aromatic N) is 2. The third kappa shape index (κ3) is 1.61. The summed E-state index contributed by atoms with van der Waals surface area (Å²) < 4.78 is 1.76. The highest BCUT2D eigenvalue weighted by Gasteiger charge is 2.10. The summed E-state index contributed by atoms with van der Waals surface area (Å²) in [6.07, 6.45) is 0. The van der Waals surface area contributed by atoms with Crippen LogP contribution in [0.15, 0.2) is 24.3 Å². The summed E-state index contributed by atoms with van der Waals surface area (Å²) in [4.78, 5) is 0. The van der Waals surface area contributed by atoms with E-state index in [1.807, 2.05) is 38.1 Å². The van der Waals surface area contributed by atoms with Gasteiger partial charge in [0.15, 0.2) is 5.75 Å². The molecule has 0 saturated carbocycles. The standard InChI is InChI=1S/C12H14N2O/c1-8-5-4-6-11(7-8)14-10(3)12(15)9(2)13-14/h4-7,15H,1-3H3. The molecular weight excluding hydrogens is 188 g/mol. The molecule has 1 aromatic carbocycles. The molecule has 0 aliphatic carbocycles. The van der Waals surface area contributed by atoms with Gasteiger partial charge in [0, 0.05) is 0 Å². The van der Waals surface area contributed by atoms with E-state index in [1.54, 1.807) is 11.6 Å². The van der Waals surface area contributed by atoms with Gasteiger partial charge in [-0.3, -0.25) is 0 Å². The summed E-state index contributed by atoms with van der Waals surface area (Å²) >= 11 is 0. The highest BCUT2D eigenvalue weighted by molar-refractivity contribution is 5.41. The molecular formula is C12H14N2O. The van der Waals surface area contributed by atoms with E-state index in [9.17, 15) is 5.11 Å². The van der Waals surface area contributed by atoms with Crippen molar-refractivity contribution in [1.82, 2.24) is 9.78 Å². The quantitative estimate of drug-likeness (QED) is 0.771. The molecule has 1 N–H and O–H groups in total. The molecule has 0 aliphatic heterocycles. The van der Waals surface area contributed by atoms with E-state index in [2.05, 4.69) is 5.10 Å². The molecule has 0 spiro atoms. The Morgan fingerprint density at radius 2 is 1.93 bits per heavy atom. The third-order valence-electron chi connectivity index (χ3n) is 2.50. The lowest BCUT2D eigenvalue weighted by Crippen LogP contribution is -1.98. The predicted octanol–water partition coefficient (Wildman–Crippen LogP) is 2.50. The Bertz CT molecular complexity index is 500. The molecule has 0 aliphatic rings. The van der Waals surface area contributed by atoms with Crippen LogP contribution in [0.1, 0.15) is 17.0 Å². The van der Waals surface area contributed by atoms with Gasteiger partial charge in [-0.05, 0) is 38.5 Å². The summed E-state index contributed by atoms with van der Waals surface area (Å²) in [5.41, 5.74) is 3.60. The van der Waals surface area contributed by atoms with E-state index in [0.717, 1.165) is 11.4 Å². The first-order valence-corrected chi connectivity index (χ1v) is 4.92. The fraction of sp³-hybridized carbons (Fsp3) is 0.250. The van der Waals surface area contributed by atoms with Crippen LogP contribution in [0.4, 0.5) is 0 Å². The Hall–Kier alpha value is -1.77. The monoisotopic (exact) mass is 202 g/mol. The second-order valence-corrected chi connectivity index (χ2v) is 3.77. The van der Waals surface area contributed by atoms with Gasteiger partial charge < -0.3 is 5.11 Å². The minimum atomic E-state index is 0.275. The zero-order valence-electron chi connectivity index (χ0n) is 9.15. The molecule has 78 valence electrons. The smallest absolute Gasteiger partial charge is 0.159 e. The van der Waals surface area contributed by atoms with Crippen molar-refractivity contribution < 1.29 is 5.11 Å². The highest BCUT2D eigenvalue weighted by Crippen LogP contribution is 2.23. The van der Waals surface area contributed by atoms with Crippen LogP contribution >= 0.6 is 0 Å². The number of rotatable bonds is 1. The van der Waals surface area contributed by atoms with Crippen molar-refractivity contribution in [2.45, 2.75) is 20.8 Å². The Morgan fingerprint density at radius 1 is 1.20 bits per heavy atom. The summed E-state index contributed by atoms with van der Waals surface area (Å²) in [6, 6.07) is 8.04. The predicted molar refractivity (Wildman–Crippen MR) is 59.4 cm³/mol. The van der Waals surface area contributed by atoms with Crippen LogP contribution in [0, 0.1) is 20.8 Å². The second kappa shape index (κ2) is 3.42. The van der Waals surface area contributed by atoms with E-state index in [1.165, 1.54) is 5.56 Å². The van der Waals surface area contributed by atoms with Gasteiger partial charge in [0.25, 0.3) is 0 Å². The first kappa shape index (κ1) is 9.77. The SMILES string of the molecule is Cc1cccc(-n2nc(C)c(O)c2C)c1. The normalized spacial score (nSPS) is 10.6. The van der Waals surface area contributed by atoms with Crippen LogP contribution in [-0.4, -0.2) is 14.9 Å². The molecule has 0 saturated heterocycles. The Balaban J connectivity index is 2.59. The van der Waals surface area contributed by atoms with E-state index < -0.39 is 0 Å². The molecule has 15 heavy (non-hydrogen) atoms. The maximum Gasteiger partial charge on any atom is 0.159 e. The van der Waals surface area contributed by atoms with E-state index in [4.69, 9.17) is 0 Å². The topological polar surface area (TPSA) is 38.0 Å². The average Bonchev–Trinajstić information content (AvgIpc) is 2.46. The molecule has 0 bridgehead atoms. The number of hydrogen-bond donors (Lipinski definition) is 1. The van der Waals surface area contributed by atoms with Gasteiger partial charge in [-0.1, -0.05) is 12.1 Å². The van der Waals surface area contributed by atoms with Crippen LogP contribution in [0.3, 0.4) is 0 Å². The molecule has 2 aromatic rings. The van der Waals surface area contributed by atoms with Gasteiger partial charge in [-0.25, -0.2) is 4.68 Å². The Kier molecular flexibility index (Phi) is 2.23. The van der Waals surface area contributed by atoms with Gasteiger partial charge >= 0.3 is 0 Å². The van der Waals surface area contributed by atoms with Crippen molar-refractivity contribution in [3.8, 4) is 11.4 Å². The maximum atomic E-state index is 9.67. The van der Waals surface area contributed by atoms with E-state index in [0.29, 0.717) is 5.69 Å². The first-order chi connectivity index (χ1) is 7.09. The van der Waals surface area contributed by atoms with Crippen molar-refractivity contribution >= 4 is 0 Å². The number of benzene rings is 1. The van der Waals surface area contributed by atoms with Crippen LogP contribution in [0.2, 0.25) is 0 Å². The lowest BCUT2D eigenvalue weighted by Gasteiger charge is -2.04. The van der Waals surface area contributed by atoms with Gasteiger partial charge in [-0.15, -0.1) is 0 Å². The third-order valence-corrected chi connectivity index (χ3v) is 2.50. The average molecular weight is 202 g/mol. The van der Waals surface area contributed by atoms with Gasteiger partial charge in [0.2, 0.25) is 0 Å². The maximum absolute atomic E-state index is 9.67. The first-order valence-electron chi connectivity index (χ1n) is 4.92. The largest absolute Gasteiger partial charge is 0.504 e.